The number of halogens is 1. The molecule has 7 heteroatoms. The molecule has 0 spiro atoms. The maximum Gasteiger partial charge on any atom is 0.223 e. The molecule has 2 aromatic heterocycles. The minimum absolute atomic E-state index is 0.128. The summed E-state index contributed by atoms with van der Waals surface area (Å²) in [6.07, 6.45) is 2.72. The van der Waals surface area contributed by atoms with Crippen molar-refractivity contribution in [2.24, 2.45) is 5.92 Å². The molecule has 1 aliphatic rings. The minimum atomic E-state index is 0.128. The van der Waals surface area contributed by atoms with E-state index in [0.29, 0.717) is 0 Å². The van der Waals surface area contributed by atoms with Crippen LogP contribution in [0.5, 0.6) is 0 Å². The van der Waals surface area contributed by atoms with Crippen molar-refractivity contribution in [3.05, 3.63) is 28.1 Å². The SMILES string of the molecule is CCCNC(=O)C1CCN(c2ccc(-c3ccc(Br)s3)nn2)CC1. The van der Waals surface area contributed by atoms with Gasteiger partial charge in [-0.3, -0.25) is 4.79 Å². The van der Waals surface area contributed by atoms with Crippen molar-refractivity contribution in [3.63, 3.8) is 0 Å². The molecule has 128 valence electrons. The first kappa shape index (κ1) is 17.4. The third-order valence-electron chi connectivity index (χ3n) is 4.22. The van der Waals surface area contributed by atoms with Crippen LogP contribution < -0.4 is 10.2 Å². The highest BCUT2D eigenvalue weighted by molar-refractivity contribution is 9.11. The highest BCUT2D eigenvalue weighted by Crippen LogP contribution is 2.30. The largest absolute Gasteiger partial charge is 0.356 e. The van der Waals surface area contributed by atoms with Gasteiger partial charge in [0.1, 0.15) is 5.69 Å². The van der Waals surface area contributed by atoms with Gasteiger partial charge in [-0.1, -0.05) is 6.92 Å². The summed E-state index contributed by atoms with van der Waals surface area (Å²) >= 11 is 5.12. The first-order valence-electron chi connectivity index (χ1n) is 8.29. The maximum absolute atomic E-state index is 12.0. The number of thiophene rings is 1. The Kier molecular flexibility index (Phi) is 5.84. The van der Waals surface area contributed by atoms with Crippen LogP contribution in [0.4, 0.5) is 5.82 Å². The van der Waals surface area contributed by atoms with Crippen molar-refractivity contribution < 1.29 is 4.79 Å². The molecule has 0 bridgehead atoms. The van der Waals surface area contributed by atoms with E-state index < -0.39 is 0 Å². The van der Waals surface area contributed by atoms with Crippen LogP contribution in [0.1, 0.15) is 26.2 Å². The van der Waals surface area contributed by atoms with Gasteiger partial charge in [0.2, 0.25) is 5.91 Å². The maximum atomic E-state index is 12.0. The van der Waals surface area contributed by atoms with Gasteiger partial charge in [-0.15, -0.1) is 21.5 Å². The number of piperidine rings is 1. The van der Waals surface area contributed by atoms with Crippen LogP contribution in [0.25, 0.3) is 10.6 Å². The average molecular weight is 409 g/mol. The van der Waals surface area contributed by atoms with Crippen LogP contribution in [0.3, 0.4) is 0 Å². The van der Waals surface area contributed by atoms with Crippen LogP contribution in [-0.2, 0) is 4.79 Å². The molecule has 1 N–H and O–H groups in total. The number of hydrogen-bond donors (Lipinski definition) is 1. The minimum Gasteiger partial charge on any atom is -0.356 e. The van der Waals surface area contributed by atoms with E-state index in [1.165, 1.54) is 0 Å². The molecule has 2 aromatic rings. The predicted molar refractivity (Wildman–Crippen MR) is 101 cm³/mol. The average Bonchev–Trinajstić information content (AvgIpc) is 3.06. The Morgan fingerprint density at radius 1 is 1.29 bits per heavy atom. The summed E-state index contributed by atoms with van der Waals surface area (Å²) in [7, 11) is 0. The Labute approximate surface area is 154 Å². The fourth-order valence-corrected chi connectivity index (χ4v) is 4.19. The molecule has 0 radical (unpaired) electrons. The van der Waals surface area contributed by atoms with Crippen molar-refractivity contribution in [2.75, 3.05) is 24.5 Å². The van der Waals surface area contributed by atoms with Crippen LogP contribution in [0.2, 0.25) is 0 Å². The van der Waals surface area contributed by atoms with Crippen LogP contribution >= 0.6 is 27.3 Å². The summed E-state index contributed by atoms with van der Waals surface area (Å²) in [6, 6.07) is 8.09. The van der Waals surface area contributed by atoms with Crippen LogP contribution in [0.15, 0.2) is 28.1 Å². The molecule has 1 saturated heterocycles. The normalized spacial score (nSPS) is 15.5. The molecule has 1 aliphatic heterocycles. The number of aromatic nitrogens is 2. The quantitative estimate of drug-likeness (QED) is 0.818. The van der Waals surface area contributed by atoms with Gasteiger partial charge in [0, 0.05) is 25.6 Å². The Morgan fingerprint density at radius 2 is 2.08 bits per heavy atom. The van der Waals surface area contributed by atoms with Crippen molar-refractivity contribution >= 4 is 39.0 Å². The molecule has 1 fully saturated rings. The van der Waals surface area contributed by atoms with E-state index in [0.717, 1.165) is 59.1 Å². The van der Waals surface area contributed by atoms with E-state index >= 15 is 0 Å². The van der Waals surface area contributed by atoms with Crippen molar-refractivity contribution in [2.45, 2.75) is 26.2 Å². The molecule has 0 aliphatic carbocycles. The van der Waals surface area contributed by atoms with Gasteiger partial charge < -0.3 is 10.2 Å². The number of nitrogens with zero attached hydrogens (tertiary/aromatic N) is 3. The first-order valence-corrected chi connectivity index (χ1v) is 9.90. The number of carbonyl (C=O) groups excluding carboxylic acids is 1. The number of hydrogen-bond acceptors (Lipinski definition) is 5. The van der Waals surface area contributed by atoms with Gasteiger partial charge in [0.15, 0.2) is 5.82 Å². The summed E-state index contributed by atoms with van der Waals surface area (Å²) in [5.74, 6) is 1.21. The molecular weight excluding hydrogens is 388 g/mol. The van der Waals surface area contributed by atoms with Crippen molar-refractivity contribution in [3.8, 4) is 10.6 Å². The molecule has 0 saturated carbocycles. The third-order valence-corrected chi connectivity index (χ3v) is 5.86. The summed E-state index contributed by atoms with van der Waals surface area (Å²) in [6.45, 7) is 4.54. The lowest BCUT2D eigenvalue weighted by molar-refractivity contribution is -0.125. The van der Waals surface area contributed by atoms with E-state index in [1.807, 2.05) is 24.3 Å². The second-order valence-corrected chi connectivity index (χ2v) is 8.40. The zero-order valence-corrected chi connectivity index (χ0v) is 16.1. The fourth-order valence-electron chi connectivity index (χ4n) is 2.84. The summed E-state index contributed by atoms with van der Waals surface area (Å²) in [4.78, 5) is 15.4. The Bertz CT molecular complexity index is 680. The van der Waals surface area contributed by atoms with Crippen molar-refractivity contribution in [1.82, 2.24) is 15.5 Å². The molecular formula is C17H21BrN4OS. The number of nitrogens with one attached hydrogen (secondary N) is 1. The molecule has 3 heterocycles. The van der Waals surface area contributed by atoms with Crippen LogP contribution in [-0.4, -0.2) is 35.7 Å². The van der Waals surface area contributed by atoms with Gasteiger partial charge in [-0.05, 0) is 59.5 Å². The third kappa shape index (κ3) is 4.13. The molecule has 5 nitrogen and oxygen atoms in total. The number of amides is 1. The molecule has 0 atom stereocenters. The zero-order chi connectivity index (χ0) is 16.9. The molecule has 0 unspecified atom stereocenters. The first-order chi connectivity index (χ1) is 11.7. The summed E-state index contributed by atoms with van der Waals surface area (Å²) in [5.41, 5.74) is 0.892. The second kappa shape index (κ2) is 8.07. The predicted octanol–water partition coefficient (Wildman–Crippen LogP) is 3.71. The number of carbonyl (C=O) groups is 1. The monoisotopic (exact) mass is 408 g/mol. The Balaban J connectivity index is 1.57. The lowest BCUT2D eigenvalue weighted by atomic mass is 9.96. The molecule has 0 aromatic carbocycles. The van der Waals surface area contributed by atoms with Crippen molar-refractivity contribution in [1.29, 1.82) is 0 Å². The fraction of sp³-hybridized carbons (Fsp3) is 0.471. The number of anilines is 1. The highest BCUT2D eigenvalue weighted by atomic mass is 79.9. The van der Waals surface area contributed by atoms with Gasteiger partial charge in [-0.25, -0.2) is 0 Å². The van der Waals surface area contributed by atoms with E-state index in [-0.39, 0.29) is 11.8 Å². The zero-order valence-electron chi connectivity index (χ0n) is 13.7. The topological polar surface area (TPSA) is 58.1 Å². The molecule has 3 rings (SSSR count). The van der Waals surface area contributed by atoms with Crippen LogP contribution in [0, 0.1) is 5.92 Å². The van der Waals surface area contributed by atoms with E-state index in [4.69, 9.17) is 0 Å². The standard InChI is InChI=1S/C17H21BrN4OS/c1-2-9-19-17(23)12-7-10-22(11-8-12)16-6-3-13(20-21-16)14-4-5-15(18)24-14/h3-6,12H,2,7-11H2,1H3,(H,19,23). The van der Waals surface area contributed by atoms with E-state index in [2.05, 4.69) is 43.3 Å². The lowest BCUT2D eigenvalue weighted by Gasteiger charge is -2.31. The molecule has 1 amide bonds. The lowest BCUT2D eigenvalue weighted by Crippen LogP contribution is -2.41. The summed E-state index contributed by atoms with van der Waals surface area (Å²) in [5, 5.41) is 11.7. The Morgan fingerprint density at radius 3 is 2.67 bits per heavy atom. The van der Waals surface area contributed by atoms with Gasteiger partial charge in [0.05, 0.1) is 8.66 Å². The van der Waals surface area contributed by atoms with Gasteiger partial charge in [-0.2, -0.15) is 0 Å². The highest BCUT2D eigenvalue weighted by Gasteiger charge is 2.25. The van der Waals surface area contributed by atoms with E-state index in [1.54, 1.807) is 11.3 Å². The van der Waals surface area contributed by atoms with Gasteiger partial charge in [0.25, 0.3) is 0 Å². The molecule has 24 heavy (non-hydrogen) atoms. The smallest absolute Gasteiger partial charge is 0.223 e. The summed E-state index contributed by atoms with van der Waals surface area (Å²) < 4.78 is 1.09. The Hall–Kier alpha value is -1.47. The van der Waals surface area contributed by atoms with E-state index in [9.17, 15) is 4.79 Å². The number of rotatable bonds is 5. The second-order valence-electron chi connectivity index (χ2n) is 5.93. The van der Waals surface area contributed by atoms with Gasteiger partial charge >= 0.3 is 0 Å².